The van der Waals surface area contributed by atoms with Gasteiger partial charge in [0.25, 0.3) is 0 Å². The lowest BCUT2D eigenvalue weighted by Crippen LogP contribution is -1.95. The van der Waals surface area contributed by atoms with E-state index in [9.17, 15) is 0 Å². The number of benzene rings is 2. The number of nitrogens with zero attached hydrogens (tertiary/aromatic N) is 2. The zero-order valence-electron chi connectivity index (χ0n) is 11.6. The van der Waals surface area contributed by atoms with Crippen LogP contribution in [0.25, 0.3) is 22.0 Å². The molecule has 1 heterocycles. The van der Waals surface area contributed by atoms with Crippen molar-refractivity contribution in [2.75, 3.05) is 14.2 Å². The zero-order chi connectivity index (χ0) is 14.8. The van der Waals surface area contributed by atoms with Crippen LogP contribution in [-0.2, 0) is 0 Å². The number of fused-ring (bicyclic) bond motifs is 1. The number of para-hydroxylation sites is 1. The summed E-state index contributed by atoms with van der Waals surface area (Å²) in [6.45, 7) is 0. The molecule has 5 heteroatoms. The van der Waals surface area contributed by atoms with Crippen molar-refractivity contribution in [1.82, 2.24) is 10.2 Å². The highest BCUT2D eigenvalue weighted by Gasteiger charge is 2.14. The third kappa shape index (κ3) is 2.38. The molecule has 0 radical (unpaired) electrons. The van der Waals surface area contributed by atoms with Gasteiger partial charge in [0.1, 0.15) is 17.2 Å². The lowest BCUT2D eigenvalue weighted by molar-refractivity contribution is 0.415. The molecule has 3 rings (SSSR count). The van der Waals surface area contributed by atoms with E-state index < -0.39 is 0 Å². The first kappa shape index (κ1) is 13.6. The van der Waals surface area contributed by atoms with Gasteiger partial charge in [0.15, 0.2) is 5.15 Å². The van der Waals surface area contributed by atoms with Crippen molar-refractivity contribution in [3.63, 3.8) is 0 Å². The number of halogens is 1. The molecule has 0 fully saturated rings. The molecule has 21 heavy (non-hydrogen) atoms. The van der Waals surface area contributed by atoms with Crippen LogP contribution in [0.15, 0.2) is 42.5 Å². The Hall–Kier alpha value is -2.33. The molecule has 3 aromatic rings. The number of methoxy groups -OCH3 is 2. The van der Waals surface area contributed by atoms with Crippen LogP contribution < -0.4 is 9.47 Å². The first-order chi connectivity index (χ1) is 10.2. The van der Waals surface area contributed by atoms with E-state index >= 15 is 0 Å². The topological polar surface area (TPSA) is 44.2 Å². The Morgan fingerprint density at radius 3 is 2.48 bits per heavy atom. The Morgan fingerprint density at radius 2 is 1.71 bits per heavy atom. The van der Waals surface area contributed by atoms with Crippen molar-refractivity contribution in [1.29, 1.82) is 0 Å². The van der Waals surface area contributed by atoms with E-state index in [1.54, 1.807) is 14.2 Å². The summed E-state index contributed by atoms with van der Waals surface area (Å²) in [6, 6.07) is 13.3. The highest BCUT2D eigenvalue weighted by Crippen LogP contribution is 2.35. The zero-order valence-corrected chi connectivity index (χ0v) is 12.4. The summed E-state index contributed by atoms with van der Waals surface area (Å²) in [5, 5.41) is 10.3. The predicted molar refractivity (Wildman–Crippen MR) is 83.1 cm³/mol. The van der Waals surface area contributed by atoms with Gasteiger partial charge in [-0.15, -0.1) is 10.2 Å². The second kappa shape index (κ2) is 5.58. The molecule has 0 atom stereocenters. The molecule has 0 aliphatic rings. The van der Waals surface area contributed by atoms with Gasteiger partial charge in [-0.1, -0.05) is 23.7 Å². The summed E-state index contributed by atoms with van der Waals surface area (Å²) in [7, 11) is 3.25. The first-order valence-electron chi connectivity index (χ1n) is 6.38. The van der Waals surface area contributed by atoms with E-state index in [0.717, 1.165) is 33.5 Å². The molecule has 106 valence electrons. The molecule has 4 nitrogen and oxygen atoms in total. The van der Waals surface area contributed by atoms with Crippen LogP contribution in [0.1, 0.15) is 0 Å². The quantitative estimate of drug-likeness (QED) is 0.734. The molecule has 0 bridgehead atoms. The molecule has 2 aromatic carbocycles. The molecular weight excluding hydrogens is 288 g/mol. The normalized spacial score (nSPS) is 10.6. The molecule has 0 spiro atoms. The van der Waals surface area contributed by atoms with Crippen LogP contribution in [0.5, 0.6) is 11.5 Å². The van der Waals surface area contributed by atoms with Crippen molar-refractivity contribution >= 4 is 22.4 Å². The van der Waals surface area contributed by atoms with Gasteiger partial charge in [-0.3, -0.25) is 0 Å². The maximum absolute atomic E-state index is 6.16. The fourth-order valence-corrected chi connectivity index (χ4v) is 2.46. The molecule has 0 saturated heterocycles. The van der Waals surface area contributed by atoms with Gasteiger partial charge >= 0.3 is 0 Å². The SMILES string of the molecule is COc1ccc2c(-c3ccccc3OC)nnc(Cl)c2c1. The minimum atomic E-state index is 0.350. The summed E-state index contributed by atoms with van der Waals surface area (Å²) in [4.78, 5) is 0. The largest absolute Gasteiger partial charge is 0.497 e. The van der Waals surface area contributed by atoms with Crippen LogP contribution in [0.3, 0.4) is 0 Å². The van der Waals surface area contributed by atoms with E-state index in [-0.39, 0.29) is 0 Å². The van der Waals surface area contributed by atoms with Crippen molar-refractivity contribution in [3.05, 3.63) is 47.6 Å². The van der Waals surface area contributed by atoms with E-state index in [0.29, 0.717) is 5.15 Å². The maximum atomic E-state index is 6.16. The van der Waals surface area contributed by atoms with Crippen LogP contribution >= 0.6 is 11.6 Å². The Balaban J connectivity index is 2.31. The molecule has 0 aliphatic heterocycles. The van der Waals surface area contributed by atoms with Crippen molar-refractivity contribution in [2.24, 2.45) is 0 Å². The third-order valence-corrected chi connectivity index (χ3v) is 3.58. The number of ether oxygens (including phenoxy) is 2. The monoisotopic (exact) mass is 300 g/mol. The highest BCUT2D eigenvalue weighted by molar-refractivity contribution is 6.34. The minimum absolute atomic E-state index is 0.350. The average molecular weight is 301 g/mol. The second-order valence-electron chi connectivity index (χ2n) is 4.45. The first-order valence-corrected chi connectivity index (χ1v) is 6.75. The lowest BCUT2D eigenvalue weighted by Gasteiger charge is -2.11. The van der Waals surface area contributed by atoms with E-state index in [1.807, 2.05) is 42.5 Å². The van der Waals surface area contributed by atoms with Crippen molar-refractivity contribution < 1.29 is 9.47 Å². The molecule has 0 aliphatic carbocycles. The van der Waals surface area contributed by atoms with Crippen LogP contribution in [0.2, 0.25) is 5.15 Å². The van der Waals surface area contributed by atoms with Gasteiger partial charge in [-0.05, 0) is 30.3 Å². The van der Waals surface area contributed by atoms with E-state index in [2.05, 4.69) is 10.2 Å². The van der Waals surface area contributed by atoms with Gasteiger partial charge in [0.05, 0.1) is 14.2 Å². The summed E-state index contributed by atoms with van der Waals surface area (Å²) in [6.07, 6.45) is 0. The Morgan fingerprint density at radius 1 is 0.905 bits per heavy atom. The van der Waals surface area contributed by atoms with Gasteiger partial charge in [0, 0.05) is 16.3 Å². The average Bonchev–Trinajstić information content (AvgIpc) is 2.55. The van der Waals surface area contributed by atoms with Crippen LogP contribution in [0.4, 0.5) is 0 Å². The Kier molecular flexibility index (Phi) is 3.62. The van der Waals surface area contributed by atoms with E-state index in [1.165, 1.54) is 0 Å². The van der Waals surface area contributed by atoms with Gasteiger partial charge in [-0.2, -0.15) is 0 Å². The van der Waals surface area contributed by atoms with Gasteiger partial charge in [0.2, 0.25) is 0 Å². The minimum Gasteiger partial charge on any atom is -0.497 e. The predicted octanol–water partition coefficient (Wildman–Crippen LogP) is 3.97. The second-order valence-corrected chi connectivity index (χ2v) is 4.81. The van der Waals surface area contributed by atoms with Crippen molar-refractivity contribution in [2.45, 2.75) is 0 Å². The highest BCUT2D eigenvalue weighted by atomic mass is 35.5. The fraction of sp³-hybridized carbons (Fsp3) is 0.125. The van der Waals surface area contributed by atoms with Crippen LogP contribution in [0, 0.1) is 0 Å². The van der Waals surface area contributed by atoms with Crippen LogP contribution in [-0.4, -0.2) is 24.4 Å². The smallest absolute Gasteiger partial charge is 0.159 e. The maximum Gasteiger partial charge on any atom is 0.159 e. The summed E-state index contributed by atoms with van der Waals surface area (Å²) < 4.78 is 10.6. The van der Waals surface area contributed by atoms with E-state index in [4.69, 9.17) is 21.1 Å². The van der Waals surface area contributed by atoms with Gasteiger partial charge in [-0.25, -0.2) is 0 Å². The summed E-state index contributed by atoms with van der Waals surface area (Å²) in [5.41, 5.74) is 1.61. The molecule has 0 amide bonds. The molecule has 0 saturated carbocycles. The summed E-state index contributed by atoms with van der Waals surface area (Å²) >= 11 is 6.16. The Labute approximate surface area is 127 Å². The number of rotatable bonds is 3. The Bertz CT molecular complexity index is 805. The number of aromatic nitrogens is 2. The molecule has 1 aromatic heterocycles. The number of hydrogen-bond acceptors (Lipinski definition) is 4. The molecule has 0 N–H and O–H groups in total. The summed E-state index contributed by atoms with van der Waals surface area (Å²) in [5.74, 6) is 1.47. The molecular formula is C16H13ClN2O2. The number of hydrogen-bond donors (Lipinski definition) is 0. The third-order valence-electron chi connectivity index (χ3n) is 3.30. The molecule has 0 unspecified atom stereocenters. The van der Waals surface area contributed by atoms with Gasteiger partial charge < -0.3 is 9.47 Å². The van der Waals surface area contributed by atoms with Crippen molar-refractivity contribution in [3.8, 4) is 22.8 Å². The lowest BCUT2D eigenvalue weighted by atomic mass is 10.0. The fourth-order valence-electron chi connectivity index (χ4n) is 2.27. The standard InChI is InChI=1S/C16H13ClN2O2/c1-20-10-7-8-11-13(9-10)16(17)19-18-15(11)12-5-3-4-6-14(12)21-2/h3-9H,1-2H3.